The van der Waals surface area contributed by atoms with Crippen LogP contribution in [0.2, 0.25) is 0 Å². The Labute approximate surface area is 192 Å². The number of hydrogen-bond donors (Lipinski definition) is 6. The minimum Gasteiger partial charge on any atom is -0.396 e. The molecule has 0 spiro atoms. The van der Waals surface area contributed by atoms with Crippen molar-refractivity contribution in [3.63, 3.8) is 0 Å². The van der Waals surface area contributed by atoms with Crippen molar-refractivity contribution < 1.29 is 30.6 Å². The van der Waals surface area contributed by atoms with Gasteiger partial charge in [-0.1, -0.05) is 39.8 Å². The second-order valence-corrected chi connectivity index (χ2v) is 12.3. The molecule has 4 aliphatic rings. The maximum Gasteiger partial charge on any atom is 0.0857 e. The minimum absolute atomic E-state index is 0.0887. The quantitative estimate of drug-likeness (QED) is 0.362. The second-order valence-electron chi connectivity index (χ2n) is 12.3. The molecule has 0 aromatic carbocycles. The van der Waals surface area contributed by atoms with E-state index >= 15 is 0 Å². The Kier molecular flexibility index (Phi) is 6.40. The molecule has 0 aromatic heterocycles. The fraction of sp³-hybridized carbons (Fsp3) is 0.923. The van der Waals surface area contributed by atoms with E-state index in [2.05, 4.69) is 26.8 Å². The normalized spacial score (nSPS) is 55.2. The molecule has 0 radical (unpaired) electrons. The maximum absolute atomic E-state index is 12.3. The van der Waals surface area contributed by atoms with E-state index in [4.69, 9.17) is 0 Å². The average molecular weight is 453 g/mol. The Morgan fingerprint density at radius 2 is 1.56 bits per heavy atom. The van der Waals surface area contributed by atoms with Crippen LogP contribution in [-0.2, 0) is 0 Å². The molecule has 6 nitrogen and oxygen atoms in total. The molecule has 6 heteroatoms. The molecule has 0 aliphatic heterocycles. The van der Waals surface area contributed by atoms with Gasteiger partial charge in [-0.05, 0) is 66.6 Å². The van der Waals surface area contributed by atoms with E-state index in [0.29, 0.717) is 19.3 Å². The van der Waals surface area contributed by atoms with Crippen molar-refractivity contribution >= 4 is 0 Å². The summed E-state index contributed by atoms with van der Waals surface area (Å²) in [6, 6.07) is 0. The first kappa shape index (κ1) is 24.6. The van der Waals surface area contributed by atoms with Crippen molar-refractivity contribution in [2.75, 3.05) is 6.61 Å². The standard InChI is InChI=1S/C26H44O6/c1-14(13-27)5-6-15(2)16-11-18(29)23-24(16,3)10-8-20-25(4)9-7-17(28)22(31)21(25)19(30)12-26(20,23)32/h5-6,14-23,27-32H,7-13H2,1-4H3/b6-5+/t14?,15-,16-,17+,18-,19+,20-,21+,22+,23-,24-,25-,26+/m1/s1. The van der Waals surface area contributed by atoms with Crippen LogP contribution >= 0.6 is 0 Å². The van der Waals surface area contributed by atoms with E-state index < -0.39 is 41.3 Å². The number of rotatable bonds is 4. The summed E-state index contributed by atoms with van der Waals surface area (Å²) in [5.74, 6) is -0.422. The van der Waals surface area contributed by atoms with Gasteiger partial charge < -0.3 is 30.6 Å². The van der Waals surface area contributed by atoms with Gasteiger partial charge in [0.25, 0.3) is 0 Å². The van der Waals surface area contributed by atoms with Gasteiger partial charge in [0.15, 0.2) is 0 Å². The smallest absolute Gasteiger partial charge is 0.0857 e. The summed E-state index contributed by atoms with van der Waals surface area (Å²) in [6.07, 6.45) is 4.36. The van der Waals surface area contributed by atoms with Crippen molar-refractivity contribution in [2.45, 2.75) is 96.2 Å². The Bertz CT molecular complexity index is 727. The van der Waals surface area contributed by atoms with E-state index in [-0.39, 0.29) is 48.0 Å². The summed E-state index contributed by atoms with van der Waals surface area (Å²) >= 11 is 0. The van der Waals surface area contributed by atoms with Crippen molar-refractivity contribution in [1.29, 1.82) is 0 Å². The maximum atomic E-state index is 12.3. The molecule has 0 bridgehead atoms. The van der Waals surface area contributed by atoms with Gasteiger partial charge in [0.2, 0.25) is 0 Å². The summed E-state index contributed by atoms with van der Waals surface area (Å²) in [5, 5.41) is 65.1. The number of fused-ring (bicyclic) bond motifs is 5. The van der Waals surface area contributed by atoms with E-state index in [1.165, 1.54) is 0 Å². The molecule has 0 amide bonds. The molecule has 4 rings (SSSR count). The molecular formula is C26H44O6. The molecule has 0 saturated heterocycles. The Morgan fingerprint density at radius 1 is 0.906 bits per heavy atom. The molecule has 4 saturated carbocycles. The summed E-state index contributed by atoms with van der Waals surface area (Å²) in [4.78, 5) is 0. The van der Waals surface area contributed by atoms with Crippen LogP contribution in [0.4, 0.5) is 0 Å². The lowest BCUT2D eigenvalue weighted by atomic mass is 9.41. The van der Waals surface area contributed by atoms with Crippen LogP contribution in [0.15, 0.2) is 12.2 Å². The third kappa shape index (κ3) is 3.44. The SMILES string of the molecule is CC(/C=C/[C@@H](C)[C@H]1C[C@@H](O)[C@@H]2[C@]1(C)CC[C@@H]1[C@@]3(C)CC[C@H](O)[C@H](O)[C@@H]3[C@@H](O)C[C@]12O)CO. The Hall–Kier alpha value is -0.500. The van der Waals surface area contributed by atoms with E-state index in [1.54, 1.807) is 0 Å². The largest absolute Gasteiger partial charge is 0.396 e. The van der Waals surface area contributed by atoms with Crippen molar-refractivity contribution in [1.82, 2.24) is 0 Å². The molecule has 184 valence electrons. The first-order valence-electron chi connectivity index (χ1n) is 12.6. The third-order valence-corrected chi connectivity index (χ3v) is 10.5. The van der Waals surface area contributed by atoms with Crippen molar-refractivity contribution in [3.05, 3.63) is 12.2 Å². The minimum atomic E-state index is -1.20. The first-order valence-corrected chi connectivity index (χ1v) is 12.6. The molecule has 1 unspecified atom stereocenters. The molecular weight excluding hydrogens is 408 g/mol. The van der Waals surface area contributed by atoms with E-state index in [1.807, 2.05) is 13.0 Å². The van der Waals surface area contributed by atoms with Crippen LogP contribution < -0.4 is 0 Å². The lowest BCUT2D eigenvalue weighted by Gasteiger charge is -2.66. The highest BCUT2D eigenvalue weighted by Gasteiger charge is 2.71. The van der Waals surface area contributed by atoms with Crippen LogP contribution in [0.5, 0.6) is 0 Å². The highest BCUT2D eigenvalue weighted by molar-refractivity contribution is 5.21. The zero-order valence-electron chi connectivity index (χ0n) is 20.1. The van der Waals surface area contributed by atoms with Crippen LogP contribution in [0, 0.1) is 46.3 Å². The van der Waals surface area contributed by atoms with Gasteiger partial charge in [0.1, 0.15) is 0 Å². The van der Waals surface area contributed by atoms with E-state index in [9.17, 15) is 30.6 Å². The highest BCUT2D eigenvalue weighted by atomic mass is 16.3. The lowest BCUT2D eigenvalue weighted by molar-refractivity contribution is -0.280. The summed E-state index contributed by atoms with van der Waals surface area (Å²) in [6.45, 7) is 8.51. The zero-order chi connectivity index (χ0) is 23.6. The Morgan fingerprint density at radius 3 is 2.22 bits per heavy atom. The molecule has 0 heterocycles. The van der Waals surface area contributed by atoms with Gasteiger partial charge in [-0.3, -0.25) is 0 Å². The number of aliphatic hydroxyl groups excluding tert-OH is 5. The molecule has 6 N–H and O–H groups in total. The lowest BCUT2D eigenvalue weighted by Crippen LogP contribution is -2.70. The molecule has 0 aromatic rings. The van der Waals surface area contributed by atoms with Gasteiger partial charge in [-0.15, -0.1) is 0 Å². The molecule has 13 atom stereocenters. The Balaban J connectivity index is 1.67. The predicted octanol–water partition coefficient (Wildman–Crippen LogP) is 1.85. The monoisotopic (exact) mass is 452 g/mol. The average Bonchev–Trinajstić information content (AvgIpc) is 3.00. The van der Waals surface area contributed by atoms with Gasteiger partial charge in [-0.2, -0.15) is 0 Å². The van der Waals surface area contributed by atoms with Crippen LogP contribution in [-0.4, -0.2) is 67.3 Å². The van der Waals surface area contributed by atoms with Crippen LogP contribution in [0.25, 0.3) is 0 Å². The summed E-state index contributed by atoms with van der Waals surface area (Å²) in [5.41, 5.74) is -1.94. The molecule has 4 fully saturated rings. The number of hydrogen-bond acceptors (Lipinski definition) is 6. The fourth-order valence-electron chi connectivity index (χ4n) is 9.01. The van der Waals surface area contributed by atoms with Crippen LogP contribution in [0.1, 0.15) is 66.2 Å². The fourth-order valence-corrected chi connectivity index (χ4v) is 9.01. The van der Waals surface area contributed by atoms with Gasteiger partial charge in [0.05, 0.1) is 30.0 Å². The molecule has 4 aliphatic carbocycles. The predicted molar refractivity (Wildman–Crippen MR) is 121 cm³/mol. The summed E-state index contributed by atoms with van der Waals surface area (Å²) in [7, 11) is 0. The van der Waals surface area contributed by atoms with Gasteiger partial charge in [0, 0.05) is 24.9 Å². The molecule has 32 heavy (non-hydrogen) atoms. The van der Waals surface area contributed by atoms with Crippen molar-refractivity contribution in [2.24, 2.45) is 46.3 Å². The number of aliphatic hydroxyl groups is 6. The van der Waals surface area contributed by atoms with Crippen molar-refractivity contribution in [3.8, 4) is 0 Å². The third-order valence-electron chi connectivity index (χ3n) is 10.5. The highest BCUT2D eigenvalue weighted by Crippen LogP contribution is 2.69. The number of allylic oxidation sites excluding steroid dienone is 1. The first-order chi connectivity index (χ1) is 14.9. The van der Waals surface area contributed by atoms with Crippen LogP contribution in [0.3, 0.4) is 0 Å². The zero-order valence-corrected chi connectivity index (χ0v) is 20.1. The summed E-state index contributed by atoms with van der Waals surface area (Å²) < 4.78 is 0. The van der Waals surface area contributed by atoms with E-state index in [0.717, 1.165) is 12.8 Å². The topological polar surface area (TPSA) is 121 Å². The van der Waals surface area contributed by atoms with Gasteiger partial charge >= 0.3 is 0 Å². The second kappa shape index (κ2) is 8.31. The van der Waals surface area contributed by atoms with Gasteiger partial charge in [-0.25, -0.2) is 0 Å².